The van der Waals surface area contributed by atoms with E-state index in [-0.39, 0.29) is 18.1 Å². The molecule has 1 aliphatic heterocycles. The summed E-state index contributed by atoms with van der Waals surface area (Å²) >= 11 is 0. The van der Waals surface area contributed by atoms with Gasteiger partial charge in [0.25, 0.3) is 5.91 Å². The van der Waals surface area contributed by atoms with Crippen LogP contribution in [0.5, 0.6) is 17.2 Å². The van der Waals surface area contributed by atoms with Gasteiger partial charge in [0.1, 0.15) is 13.2 Å². The van der Waals surface area contributed by atoms with Crippen molar-refractivity contribution in [1.29, 1.82) is 0 Å². The molecule has 30 heavy (non-hydrogen) atoms. The molecule has 7 nitrogen and oxygen atoms in total. The third kappa shape index (κ3) is 5.23. The second-order valence-corrected chi connectivity index (χ2v) is 7.08. The Hall–Kier alpha value is -3.22. The first-order chi connectivity index (χ1) is 14.5. The highest BCUT2D eigenvalue weighted by Gasteiger charge is 2.22. The van der Waals surface area contributed by atoms with Gasteiger partial charge in [-0.1, -0.05) is 36.8 Å². The second-order valence-electron chi connectivity index (χ2n) is 7.08. The van der Waals surface area contributed by atoms with E-state index in [2.05, 4.69) is 0 Å². The molecule has 0 fully saturated rings. The molecule has 2 aromatic rings. The van der Waals surface area contributed by atoms with Gasteiger partial charge in [0.05, 0.1) is 12.7 Å². The van der Waals surface area contributed by atoms with Crippen molar-refractivity contribution in [2.75, 3.05) is 33.5 Å². The number of esters is 1. The number of hydrogen-bond acceptors (Lipinski definition) is 6. The Balaban J connectivity index is 1.64. The van der Waals surface area contributed by atoms with Crippen LogP contribution in [0.15, 0.2) is 36.4 Å². The van der Waals surface area contributed by atoms with Crippen LogP contribution in [0.2, 0.25) is 0 Å². The summed E-state index contributed by atoms with van der Waals surface area (Å²) < 4.78 is 21.6. The van der Waals surface area contributed by atoms with E-state index >= 15 is 0 Å². The van der Waals surface area contributed by atoms with Crippen LogP contribution in [0.3, 0.4) is 0 Å². The molecule has 0 spiro atoms. The first-order valence-corrected chi connectivity index (χ1v) is 10.00. The Morgan fingerprint density at radius 1 is 1.10 bits per heavy atom. The third-order valence-electron chi connectivity index (χ3n) is 4.73. The lowest BCUT2D eigenvalue weighted by Crippen LogP contribution is -2.35. The topological polar surface area (TPSA) is 74.3 Å². The van der Waals surface area contributed by atoms with Crippen molar-refractivity contribution in [3.8, 4) is 17.2 Å². The molecule has 160 valence electrons. The number of aryl methyl sites for hydroxylation is 1. The van der Waals surface area contributed by atoms with Gasteiger partial charge < -0.3 is 23.8 Å². The first kappa shape index (κ1) is 21.5. The quantitative estimate of drug-likeness (QED) is 0.618. The van der Waals surface area contributed by atoms with Crippen molar-refractivity contribution in [3.63, 3.8) is 0 Å². The highest BCUT2D eigenvalue weighted by atomic mass is 16.6. The Labute approximate surface area is 176 Å². The van der Waals surface area contributed by atoms with Crippen LogP contribution < -0.4 is 14.2 Å². The minimum Gasteiger partial charge on any atom is -0.493 e. The molecule has 0 N–H and O–H groups in total. The zero-order chi connectivity index (χ0) is 21.5. The van der Waals surface area contributed by atoms with Crippen molar-refractivity contribution in [1.82, 2.24) is 4.90 Å². The van der Waals surface area contributed by atoms with E-state index in [1.165, 1.54) is 13.2 Å². The Morgan fingerprint density at radius 3 is 2.53 bits per heavy atom. The Bertz CT molecular complexity index is 876. The van der Waals surface area contributed by atoms with Crippen molar-refractivity contribution < 1.29 is 28.5 Å². The van der Waals surface area contributed by atoms with Crippen LogP contribution in [0.25, 0.3) is 0 Å². The fourth-order valence-corrected chi connectivity index (χ4v) is 3.17. The van der Waals surface area contributed by atoms with Crippen LogP contribution >= 0.6 is 0 Å². The molecule has 2 aromatic carbocycles. The fourth-order valence-electron chi connectivity index (χ4n) is 3.17. The summed E-state index contributed by atoms with van der Waals surface area (Å²) in [5, 5.41) is 0. The largest absolute Gasteiger partial charge is 0.493 e. The highest BCUT2D eigenvalue weighted by molar-refractivity contribution is 5.92. The summed E-state index contributed by atoms with van der Waals surface area (Å²) in [4.78, 5) is 26.9. The average Bonchev–Trinajstić information content (AvgIpc) is 2.77. The molecule has 1 aliphatic rings. The summed E-state index contributed by atoms with van der Waals surface area (Å²) in [6, 6.07) is 11.1. The Morgan fingerprint density at radius 2 is 1.83 bits per heavy atom. The number of carbonyl (C=O) groups excluding carboxylic acids is 2. The van der Waals surface area contributed by atoms with Crippen LogP contribution in [0.1, 0.15) is 34.8 Å². The molecule has 3 rings (SSSR count). The number of nitrogens with zero attached hydrogens (tertiary/aromatic N) is 1. The monoisotopic (exact) mass is 413 g/mol. The predicted molar refractivity (Wildman–Crippen MR) is 111 cm³/mol. The van der Waals surface area contributed by atoms with Gasteiger partial charge in [-0.15, -0.1) is 0 Å². The van der Waals surface area contributed by atoms with Crippen LogP contribution in [0, 0.1) is 6.92 Å². The third-order valence-corrected chi connectivity index (χ3v) is 4.73. The molecular weight excluding hydrogens is 386 g/mol. The zero-order valence-electron chi connectivity index (χ0n) is 17.6. The maximum absolute atomic E-state index is 12.7. The summed E-state index contributed by atoms with van der Waals surface area (Å²) in [6.45, 7) is 5.55. The maximum Gasteiger partial charge on any atom is 0.338 e. The lowest BCUT2D eigenvalue weighted by molar-refractivity contribution is -0.135. The lowest BCUT2D eigenvalue weighted by Gasteiger charge is -2.23. The summed E-state index contributed by atoms with van der Waals surface area (Å²) in [7, 11) is 1.49. The second kappa shape index (κ2) is 10.0. The fraction of sp³-hybridized carbons (Fsp3) is 0.391. The van der Waals surface area contributed by atoms with Crippen LogP contribution in [0.4, 0.5) is 0 Å². The van der Waals surface area contributed by atoms with Gasteiger partial charge >= 0.3 is 5.97 Å². The average molecular weight is 413 g/mol. The molecule has 0 radical (unpaired) electrons. The molecule has 1 amide bonds. The molecule has 0 aromatic heterocycles. The van der Waals surface area contributed by atoms with E-state index in [9.17, 15) is 9.59 Å². The minimum atomic E-state index is -0.620. The van der Waals surface area contributed by atoms with Crippen molar-refractivity contribution in [3.05, 3.63) is 53.1 Å². The van der Waals surface area contributed by atoms with Crippen molar-refractivity contribution >= 4 is 11.9 Å². The maximum atomic E-state index is 12.7. The normalized spacial score (nSPS) is 12.2. The predicted octanol–water partition coefficient (Wildman–Crippen LogP) is 3.37. The highest BCUT2D eigenvalue weighted by Crippen LogP contribution is 2.40. The number of ether oxygens (including phenoxy) is 4. The zero-order valence-corrected chi connectivity index (χ0v) is 17.6. The van der Waals surface area contributed by atoms with E-state index in [0.717, 1.165) is 17.5 Å². The summed E-state index contributed by atoms with van der Waals surface area (Å²) in [5.74, 6) is 0.410. The minimum absolute atomic E-state index is 0.240. The molecule has 0 aliphatic carbocycles. The van der Waals surface area contributed by atoms with E-state index in [1.807, 2.05) is 38.1 Å². The summed E-state index contributed by atoms with van der Waals surface area (Å²) in [5.41, 5.74) is 2.44. The molecular formula is C23H27NO6. The number of amides is 1. The molecule has 0 bridgehead atoms. The van der Waals surface area contributed by atoms with Gasteiger partial charge in [-0.05, 0) is 31.0 Å². The molecule has 0 saturated carbocycles. The van der Waals surface area contributed by atoms with E-state index < -0.39 is 5.97 Å². The smallest absolute Gasteiger partial charge is 0.338 e. The van der Waals surface area contributed by atoms with Gasteiger partial charge in [0.15, 0.2) is 18.1 Å². The van der Waals surface area contributed by atoms with Crippen LogP contribution in [-0.2, 0) is 16.1 Å². The number of carbonyl (C=O) groups is 2. The molecule has 0 unspecified atom stereocenters. The molecule has 1 heterocycles. The number of methoxy groups -OCH3 is 1. The van der Waals surface area contributed by atoms with Gasteiger partial charge in [0, 0.05) is 13.1 Å². The molecule has 7 heteroatoms. The first-order valence-electron chi connectivity index (χ1n) is 10.00. The molecule has 0 saturated heterocycles. The van der Waals surface area contributed by atoms with Crippen molar-refractivity contribution in [2.24, 2.45) is 0 Å². The van der Waals surface area contributed by atoms with Gasteiger partial charge in [-0.2, -0.15) is 0 Å². The standard InChI is InChI=1S/C23H27NO6/c1-4-9-24(14-17-7-5-16(2)6-8-17)21(25)15-30-23(26)18-12-19(27-3)22-20(13-18)28-10-11-29-22/h5-8,12-13H,4,9-11,14-15H2,1-3H3. The summed E-state index contributed by atoms with van der Waals surface area (Å²) in [6.07, 6.45) is 0.810. The number of benzene rings is 2. The molecule has 0 atom stereocenters. The van der Waals surface area contributed by atoms with E-state index in [1.54, 1.807) is 11.0 Å². The van der Waals surface area contributed by atoms with Crippen molar-refractivity contribution in [2.45, 2.75) is 26.8 Å². The number of rotatable bonds is 8. The van der Waals surface area contributed by atoms with Gasteiger partial charge in [-0.3, -0.25) is 4.79 Å². The SMILES string of the molecule is CCCN(Cc1ccc(C)cc1)C(=O)COC(=O)c1cc(OC)c2c(c1)OCCO2. The van der Waals surface area contributed by atoms with E-state index in [4.69, 9.17) is 18.9 Å². The van der Waals surface area contributed by atoms with E-state index in [0.29, 0.717) is 43.6 Å². The lowest BCUT2D eigenvalue weighted by atomic mass is 10.1. The number of hydrogen-bond donors (Lipinski definition) is 0. The Kier molecular flexibility index (Phi) is 7.17. The van der Waals surface area contributed by atoms with Gasteiger partial charge in [0.2, 0.25) is 5.75 Å². The van der Waals surface area contributed by atoms with Gasteiger partial charge in [-0.25, -0.2) is 4.79 Å². The van der Waals surface area contributed by atoms with Crippen LogP contribution in [-0.4, -0.2) is 50.3 Å². The number of fused-ring (bicyclic) bond motifs is 1.